The van der Waals surface area contributed by atoms with Gasteiger partial charge < -0.3 is 24.5 Å². The third-order valence-electron chi connectivity index (χ3n) is 7.74. The number of ether oxygens (including phenoxy) is 2. The smallest absolute Gasteiger partial charge is 0.334 e. The third-order valence-corrected chi connectivity index (χ3v) is 7.74. The molecule has 3 fully saturated rings. The van der Waals surface area contributed by atoms with Crippen LogP contribution in [0.2, 0.25) is 0 Å². The average Bonchev–Trinajstić information content (AvgIpc) is 3.43. The molecule has 2 saturated heterocycles. The molecule has 0 aromatic heterocycles. The van der Waals surface area contributed by atoms with Gasteiger partial charge in [-0.15, -0.1) is 0 Å². The Kier molecular flexibility index (Phi) is 9.61. The summed E-state index contributed by atoms with van der Waals surface area (Å²) in [6.07, 6.45) is 14.0. The molecule has 7 nitrogen and oxygen atoms in total. The van der Waals surface area contributed by atoms with Gasteiger partial charge in [0, 0.05) is 11.5 Å². The van der Waals surface area contributed by atoms with E-state index >= 15 is 0 Å². The fraction of sp³-hybridized carbons (Fsp3) is 0.621. The molecule has 2 N–H and O–H groups in total. The summed E-state index contributed by atoms with van der Waals surface area (Å²) in [7, 11) is 0. The maximum atomic E-state index is 11.7. The topological polar surface area (TPSA) is 113 Å². The molecule has 7 heteroatoms. The predicted octanol–water partition coefficient (Wildman–Crippen LogP) is 3.79. The van der Waals surface area contributed by atoms with Crippen LogP contribution in [0.4, 0.5) is 0 Å². The molecule has 198 valence electrons. The van der Waals surface area contributed by atoms with Crippen LogP contribution in [0.25, 0.3) is 0 Å². The van der Waals surface area contributed by atoms with Gasteiger partial charge in [-0.3, -0.25) is 4.79 Å². The summed E-state index contributed by atoms with van der Waals surface area (Å²) in [5, 5.41) is 18.9. The second-order valence-corrected chi connectivity index (χ2v) is 10.6. The number of Topliss-reactive ketones (excluding diaryl/α,β-unsaturated/α-hetero) is 1. The number of hydrogen-bond donors (Lipinski definition) is 2. The number of hydrogen-bond acceptors (Lipinski definition) is 7. The van der Waals surface area contributed by atoms with E-state index in [0.717, 1.165) is 38.5 Å². The van der Waals surface area contributed by atoms with E-state index in [9.17, 15) is 24.6 Å². The fourth-order valence-electron chi connectivity index (χ4n) is 5.27. The molecule has 4 aliphatic rings. The number of fused-ring (bicyclic) bond motifs is 3. The van der Waals surface area contributed by atoms with E-state index in [1.54, 1.807) is 12.2 Å². The molecule has 2 heterocycles. The first-order chi connectivity index (χ1) is 17.1. The Balaban J connectivity index is 0.000000201. The standard InChI is InChI=1S/C15H20O3.C14H20O4/c1-9-5-4-8-15(3)13(18-15)12-11(7-6-9)10(2)14(16)17-12;1-2-3-4-5-6-7-10-8-12(16)14(18)13(17)11(10)9-15/h5,11-13H,2,4,6-8H2,1,3H3;4-7,9-12,14,16,18H,2-3,8H2,1H3. The van der Waals surface area contributed by atoms with Crippen molar-refractivity contribution in [1.82, 2.24) is 0 Å². The van der Waals surface area contributed by atoms with Crippen LogP contribution in [-0.2, 0) is 23.9 Å². The Morgan fingerprint density at radius 2 is 2.00 bits per heavy atom. The van der Waals surface area contributed by atoms with Gasteiger partial charge in [0.15, 0.2) is 5.78 Å². The van der Waals surface area contributed by atoms with Crippen molar-refractivity contribution in [1.29, 1.82) is 0 Å². The summed E-state index contributed by atoms with van der Waals surface area (Å²) in [5.41, 5.74) is 1.91. The predicted molar refractivity (Wildman–Crippen MR) is 136 cm³/mol. The Hall–Kier alpha value is -2.35. The van der Waals surface area contributed by atoms with Crippen molar-refractivity contribution < 1.29 is 34.1 Å². The molecular weight excluding hydrogens is 460 g/mol. The van der Waals surface area contributed by atoms with Gasteiger partial charge in [0.05, 0.1) is 17.6 Å². The lowest BCUT2D eigenvalue weighted by molar-refractivity contribution is -0.146. The Labute approximate surface area is 213 Å². The number of rotatable bonds is 5. The van der Waals surface area contributed by atoms with Crippen LogP contribution >= 0.6 is 0 Å². The van der Waals surface area contributed by atoms with Gasteiger partial charge in [-0.05, 0) is 58.3 Å². The molecule has 0 aromatic rings. The lowest BCUT2D eigenvalue weighted by atomic mass is 9.76. The SMILES string of the molecule is C=C1C(=O)OC2C1CCC(C)=CCCC1(C)OC21.CCCC=CC=CC1CC(O)C(O)C(=O)C1C=O. The van der Waals surface area contributed by atoms with Gasteiger partial charge in [0.2, 0.25) is 0 Å². The van der Waals surface area contributed by atoms with Crippen LogP contribution in [0, 0.1) is 17.8 Å². The molecule has 8 unspecified atom stereocenters. The Morgan fingerprint density at radius 1 is 1.25 bits per heavy atom. The zero-order valence-corrected chi connectivity index (χ0v) is 21.6. The normalized spacial score (nSPS) is 38.5. The molecule has 0 radical (unpaired) electrons. The van der Waals surface area contributed by atoms with Gasteiger partial charge in [-0.25, -0.2) is 4.79 Å². The van der Waals surface area contributed by atoms with Crippen molar-refractivity contribution in [2.75, 3.05) is 0 Å². The zero-order chi connectivity index (χ0) is 26.5. The number of carbonyl (C=O) groups is 3. The number of unbranched alkanes of at least 4 members (excludes halogenated alkanes) is 1. The van der Waals surface area contributed by atoms with Crippen molar-refractivity contribution in [3.8, 4) is 0 Å². The number of aliphatic hydroxyl groups is 2. The number of allylic oxidation sites excluding steroid dienone is 6. The highest BCUT2D eigenvalue weighted by Crippen LogP contribution is 2.49. The summed E-state index contributed by atoms with van der Waals surface area (Å²) in [5.74, 6) is -1.87. The molecular formula is C29H40O7. The molecule has 2 aliphatic carbocycles. The maximum absolute atomic E-state index is 11.7. The lowest BCUT2D eigenvalue weighted by Gasteiger charge is -2.31. The van der Waals surface area contributed by atoms with E-state index in [4.69, 9.17) is 9.47 Å². The highest BCUT2D eigenvalue weighted by Gasteiger charge is 2.61. The molecule has 0 spiro atoms. The van der Waals surface area contributed by atoms with Gasteiger partial charge in [-0.2, -0.15) is 0 Å². The first-order valence-corrected chi connectivity index (χ1v) is 13.0. The first-order valence-electron chi connectivity index (χ1n) is 13.0. The van der Waals surface area contributed by atoms with Gasteiger partial charge in [0.25, 0.3) is 0 Å². The van der Waals surface area contributed by atoms with Crippen molar-refractivity contribution in [2.45, 2.75) is 95.7 Å². The summed E-state index contributed by atoms with van der Waals surface area (Å²) in [4.78, 5) is 34.2. The van der Waals surface area contributed by atoms with Crippen molar-refractivity contribution in [3.63, 3.8) is 0 Å². The van der Waals surface area contributed by atoms with E-state index in [1.807, 2.05) is 12.2 Å². The number of aliphatic hydroxyl groups excluding tert-OH is 2. The van der Waals surface area contributed by atoms with Crippen molar-refractivity contribution in [3.05, 3.63) is 48.1 Å². The molecule has 0 bridgehead atoms. The summed E-state index contributed by atoms with van der Waals surface area (Å²) in [6.45, 7) is 10.3. The van der Waals surface area contributed by atoms with E-state index in [-0.39, 0.29) is 42.0 Å². The first kappa shape index (κ1) is 28.2. The largest absolute Gasteiger partial charge is 0.455 e. The average molecular weight is 501 g/mol. The van der Waals surface area contributed by atoms with Crippen LogP contribution in [0.15, 0.2) is 48.1 Å². The van der Waals surface area contributed by atoms with Crippen molar-refractivity contribution in [2.24, 2.45) is 17.8 Å². The Morgan fingerprint density at radius 3 is 2.69 bits per heavy atom. The third kappa shape index (κ3) is 6.50. The second-order valence-electron chi connectivity index (χ2n) is 10.6. The van der Waals surface area contributed by atoms with Crippen molar-refractivity contribution >= 4 is 18.0 Å². The summed E-state index contributed by atoms with van der Waals surface area (Å²) >= 11 is 0. The monoisotopic (exact) mass is 500 g/mol. The summed E-state index contributed by atoms with van der Waals surface area (Å²) < 4.78 is 11.3. The molecule has 4 rings (SSSR count). The lowest BCUT2D eigenvalue weighted by Crippen LogP contribution is -2.47. The zero-order valence-electron chi connectivity index (χ0n) is 21.6. The van der Waals surface area contributed by atoms with E-state index < -0.39 is 23.9 Å². The van der Waals surface area contributed by atoms with E-state index in [1.165, 1.54) is 5.57 Å². The van der Waals surface area contributed by atoms with E-state index in [2.05, 4.69) is 33.4 Å². The molecule has 36 heavy (non-hydrogen) atoms. The molecule has 0 aromatic carbocycles. The van der Waals surface area contributed by atoms with Gasteiger partial charge in [0.1, 0.15) is 24.6 Å². The van der Waals surface area contributed by atoms with Crippen LogP contribution in [-0.4, -0.2) is 58.3 Å². The fourth-order valence-corrected chi connectivity index (χ4v) is 5.27. The molecule has 8 atom stereocenters. The van der Waals surface area contributed by atoms with Crippen LogP contribution < -0.4 is 0 Å². The van der Waals surface area contributed by atoms with Crippen LogP contribution in [0.5, 0.6) is 0 Å². The highest BCUT2D eigenvalue weighted by atomic mass is 16.6. The minimum atomic E-state index is -1.43. The second kappa shape index (κ2) is 12.3. The summed E-state index contributed by atoms with van der Waals surface area (Å²) in [6, 6.07) is 0. The molecule has 1 saturated carbocycles. The number of ketones is 1. The van der Waals surface area contributed by atoms with Crippen LogP contribution in [0.3, 0.4) is 0 Å². The van der Waals surface area contributed by atoms with Gasteiger partial charge in [-0.1, -0.05) is 55.9 Å². The minimum Gasteiger partial charge on any atom is -0.455 e. The number of esters is 1. The van der Waals surface area contributed by atoms with Crippen LogP contribution in [0.1, 0.15) is 65.7 Å². The number of aldehydes is 1. The quantitative estimate of drug-likeness (QED) is 0.112. The Bertz CT molecular complexity index is 932. The highest BCUT2D eigenvalue weighted by molar-refractivity contribution is 5.97. The maximum Gasteiger partial charge on any atom is 0.334 e. The molecule has 0 amide bonds. The minimum absolute atomic E-state index is 0.0671. The van der Waals surface area contributed by atoms with E-state index in [0.29, 0.717) is 11.9 Å². The number of epoxide rings is 1. The van der Waals surface area contributed by atoms with Gasteiger partial charge >= 0.3 is 5.97 Å². The molecule has 2 aliphatic heterocycles. The number of carbonyl (C=O) groups excluding carboxylic acids is 3.